The number of ether oxygens (including phenoxy) is 1. The second-order valence-electron chi connectivity index (χ2n) is 4.51. The van der Waals surface area contributed by atoms with E-state index in [9.17, 15) is 4.79 Å². The Labute approximate surface area is 112 Å². The molecule has 2 rings (SSSR count). The van der Waals surface area contributed by atoms with E-state index in [0.29, 0.717) is 23.5 Å². The smallest absolute Gasteiger partial charge is 0.250 e. The lowest BCUT2D eigenvalue weighted by atomic mass is 10.1. The van der Waals surface area contributed by atoms with E-state index in [-0.39, 0.29) is 0 Å². The van der Waals surface area contributed by atoms with Crippen molar-refractivity contribution in [3.05, 3.63) is 23.8 Å². The maximum Gasteiger partial charge on any atom is 0.250 e. The van der Waals surface area contributed by atoms with Crippen LogP contribution >= 0.6 is 0 Å². The highest BCUT2D eigenvalue weighted by Gasteiger charge is 2.12. The van der Waals surface area contributed by atoms with Crippen molar-refractivity contribution >= 4 is 17.3 Å². The number of nitrogen functional groups attached to an aromatic ring is 1. The third-order valence-electron chi connectivity index (χ3n) is 3.20. The molecule has 0 atom stereocenters. The number of para-hydroxylation sites is 1. The maximum atomic E-state index is 11.3. The summed E-state index contributed by atoms with van der Waals surface area (Å²) in [6.45, 7) is 5.04. The van der Waals surface area contributed by atoms with Crippen molar-refractivity contribution in [2.75, 3.05) is 50.4 Å². The fraction of sp³-hybridized carbons (Fsp3) is 0.462. The maximum absolute atomic E-state index is 11.3. The fourth-order valence-electron chi connectivity index (χ4n) is 2.14. The van der Waals surface area contributed by atoms with E-state index in [0.717, 1.165) is 32.8 Å². The van der Waals surface area contributed by atoms with E-state index in [1.165, 1.54) is 0 Å². The van der Waals surface area contributed by atoms with Crippen LogP contribution in [0.4, 0.5) is 11.4 Å². The molecule has 5 N–H and O–H groups in total. The average Bonchev–Trinajstić information content (AvgIpc) is 2.41. The van der Waals surface area contributed by atoms with E-state index in [1.54, 1.807) is 18.2 Å². The summed E-state index contributed by atoms with van der Waals surface area (Å²) >= 11 is 0. The summed E-state index contributed by atoms with van der Waals surface area (Å²) in [6, 6.07) is 5.15. The van der Waals surface area contributed by atoms with Gasteiger partial charge in [0.2, 0.25) is 0 Å². The number of rotatable bonds is 5. The van der Waals surface area contributed by atoms with E-state index in [4.69, 9.17) is 16.2 Å². The van der Waals surface area contributed by atoms with Crippen LogP contribution in [0.25, 0.3) is 0 Å². The first-order chi connectivity index (χ1) is 9.18. The van der Waals surface area contributed by atoms with Crippen molar-refractivity contribution in [2.24, 2.45) is 5.73 Å². The third kappa shape index (κ3) is 3.59. The standard InChI is InChI=1S/C13H20N4O2/c14-11-3-1-2-10(13(15)18)12(11)16-4-5-17-6-8-19-9-7-17/h1-3,16H,4-9,14H2,(H2,15,18). The largest absolute Gasteiger partial charge is 0.397 e. The summed E-state index contributed by atoms with van der Waals surface area (Å²) in [5.41, 5.74) is 12.8. The van der Waals surface area contributed by atoms with Crippen molar-refractivity contribution in [3.63, 3.8) is 0 Å². The van der Waals surface area contributed by atoms with Crippen molar-refractivity contribution in [1.82, 2.24) is 4.90 Å². The van der Waals surface area contributed by atoms with Gasteiger partial charge in [-0.2, -0.15) is 0 Å². The number of nitrogens with zero attached hydrogens (tertiary/aromatic N) is 1. The molecule has 1 aliphatic heterocycles. The molecule has 0 aromatic heterocycles. The zero-order valence-electron chi connectivity index (χ0n) is 10.9. The molecule has 19 heavy (non-hydrogen) atoms. The second kappa shape index (κ2) is 6.40. The number of carbonyl (C=O) groups is 1. The SMILES string of the molecule is NC(=O)c1cccc(N)c1NCCN1CCOCC1. The number of hydrogen-bond acceptors (Lipinski definition) is 5. The van der Waals surface area contributed by atoms with Crippen LogP contribution in [0.2, 0.25) is 0 Å². The number of hydrogen-bond donors (Lipinski definition) is 3. The first-order valence-electron chi connectivity index (χ1n) is 6.41. The van der Waals surface area contributed by atoms with E-state index >= 15 is 0 Å². The van der Waals surface area contributed by atoms with Gasteiger partial charge >= 0.3 is 0 Å². The number of anilines is 2. The average molecular weight is 264 g/mol. The highest BCUT2D eigenvalue weighted by atomic mass is 16.5. The molecule has 6 heteroatoms. The summed E-state index contributed by atoms with van der Waals surface area (Å²) in [5, 5.41) is 3.20. The zero-order valence-corrected chi connectivity index (χ0v) is 10.9. The van der Waals surface area contributed by atoms with Gasteiger partial charge in [0.05, 0.1) is 30.2 Å². The van der Waals surface area contributed by atoms with Gasteiger partial charge in [0.15, 0.2) is 0 Å². The predicted molar refractivity (Wildman–Crippen MR) is 75.1 cm³/mol. The van der Waals surface area contributed by atoms with Crippen molar-refractivity contribution in [1.29, 1.82) is 0 Å². The molecule has 1 fully saturated rings. The van der Waals surface area contributed by atoms with Crippen LogP contribution in [0, 0.1) is 0 Å². The number of nitrogens with one attached hydrogen (secondary N) is 1. The van der Waals surface area contributed by atoms with Gasteiger partial charge in [0.1, 0.15) is 0 Å². The predicted octanol–water partition coefficient (Wildman–Crippen LogP) is 0.112. The second-order valence-corrected chi connectivity index (χ2v) is 4.51. The van der Waals surface area contributed by atoms with Gasteiger partial charge < -0.3 is 21.5 Å². The molecule has 0 spiro atoms. The Kier molecular flexibility index (Phi) is 4.59. The minimum Gasteiger partial charge on any atom is -0.397 e. The Balaban J connectivity index is 1.93. The Hall–Kier alpha value is -1.79. The summed E-state index contributed by atoms with van der Waals surface area (Å²) < 4.78 is 5.29. The number of morpholine rings is 1. The Morgan fingerprint density at radius 1 is 1.37 bits per heavy atom. The lowest BCUT2D eigenvalue weighted by Gasteiger charge is -2.26. The first kappa shape index (κ1) is 13.6. The van der Waals surface area contributed by atoms with Gasteiger partial charge in [0, 0.05) is 26.2 Å². The molecule has 0 radical (unpaired) electrons. The normalized spacial score (nSPS) is 16.2. The fourth-order valence-corrected chi connectivity index (χ4v) is 2.14. The number of nitrogens with two attached hydrogens (primary N) is 2. The molecule has 1 amide bonds. The topological polar surface area (TPSA) is 93.6 Å². The van der Waals surface area contributed by atoms with Crippen LogP contribution in [0.5, 0.6) is 0 Å². The van der Waals surface area contributed by atoms with Crippen molar-refractivity contribution in [3.8, 4) is 0 Å². The number of benzene rings is 1. The van der Waals surface area contributed by atoms with Crippen molar-refractivity contribution in [2.45, 2.75) is 0 Å². The number of primary amides is 1. The van der Waals surface area contributed by atoms with Crippen LogP contribution in [-0.2, 0) is 4.74 Å². The minimum absolute atomic E-state index is 0.432. The van der Waals surface area contributed by atoms with E-state index in [2.05, 4.69) is 10.2 Å². The van der Waals surface area contributed by atoms with Crippen LogP contribution in [-0.4, -0.2) is 50.2 Å². The molecular formula is C13H20N4O2. The van der Waals surface area contributed by atoms with Crippen molar-refractivity contribution < 1.29 is 9.53 Å². The van der Waals surface area contributed by atoms with Gasteiger partial charge in [-0.15, -0.1) is 0 Å². The molecule has 1 aromatic carbocycles. The Morgan fingerprint density at radius 3 is 2.79 bits per heavy atom. The number of carbonyl (C=O) groups excluding carboxylic acids is 1. The molecule has 0 aliphatic carbocycles. The molecule has 1 saturated heterocycles. The lowest BCUT2D eigenvalue weighted by molar-refractivity contribution is 0.0398. The monoisotopic (exact) mass is 264 g/mol. The quantitative estimate of drug-likeness (QED) is 0.656. The summed E-state index contributed by atoms with van der Waals surface area (Å²) in [6.07, 6.45) is 0. The number of amides is 1. The Bertz CT molecular complexity index is 444. The van der Waals surface area contributed by atoms with Gasteiger partial charge in [-0.05, 0) is 12.1 Å². The molecule has 104 valence electrons. The first-order valence-corrected chi connectivity index (χ1v) is 6.41. The highest BCUT2D eigenvalue weighted by Crippen LogP contribution is 2.22. The highest BCUT2D eigenvalue weighted by molar-refractivity contribution is 6.01. The van der Waals surface area contributed by atoms with Gasteiger partial charge in [-0.3, -0.25) is 9.69 Å². The van der Waals surface area contributed by atoms with Crippen LogP contribution in [0.1, 0.15) is 10.4 Å². The molecular weight excluding hydrogens is 244 g/mol. The third-order valence-corrected chi connectivity index (χ3v) is 3.20. The summed E-state index contributed by atoms with van der Waals surface area (Å²) in [7, 11) is 0. The zero-order chi connectivity index (χ0) is 13.7. The van der Waals surface area contributed by atoms with Gasteiger partial charge in [-0.1, -0.05) is 6.07 Å². The minimum atomic E-state index is -0.471. The molecule has 0 saturated carbocycles. The van der Waals surface area contributed by atoms with E-state index in [1.807, 2.05) is 0 Å². The van der Waals surface area contributed by atoms with Gasteiger partial charge in [-0.25, -0.2) is 0 Å². The molecule has 1 aromatic rings. The summed E-state index contributed by atoms with van der Waals surface area (Å²) in [4.78, 5) is 13.6. The summed E-state index contributed by atoms with van der Waals surface area (Å²) in [5.74, 6) is -0.471. The molecule has 0 bridgehead atoms. The molecule has 1 heterocycles. The Morgan fingerprint density at radius 2 is 2.11 bits per heavy atom. The lowest BCUT2D eigenvalue weighted by Crippen LogP contribution is -2.39. The molecule has 0 unspecified atom stereocenters. The van der Waals surface area contributed by atoms with Crippen LogP contribution < -0.4 is 16.8 Å². The van der Waals surface area contributed by atoms with E-state index < -0.39 is 5.91 Å². The van der Waals surface area contributed by atoms with Crippen LogP contribution in [0.3, 0.4) is 0 Å². The molecule has 6 nitrogen and oxygen atoms in total. The van der Waals surface area contributed by atoms with Gasteiger partial charge in [0.25, 0.3) is 5.91 Å². The van der Waals surface area contributed by atoms with Crippen LogP contribution in [0.15, 0.2) is 18.2 Å². The molecule has 1 aliphatic rings.